The first-order valence-corrected chi connectivity index (χ1v) is 7.10. The van der Waals surface area contributed by atoms with E-state index in [0.717, 1.165) is 29.9 Å². The number of hydrogen-bond acceptors (Lipinski definition) is 3. The van der Waals surface area contributed by atoms with Gasteiger partial charge in [0.25, 0.3) is 0 Å². The Hall–Kier alpha value is -2.46. The maximum atomic E-state index is 10.6. The lowest BCUT2D eigenvalue weighted by Gasteiger charge is -2.20. The van der Waals surface area contributed by atoms with Crippen LogP contribution >= 0.6 is 0 Å². The lowest BCUT2D eigenvalue weighted by molar-refractivity contribution is 0.207. The molecular weight excluding hydrogens is 262 g/mol. The summed E-state index contributed by atoms with van der Waals surface area (Å²) in [5.74, 6) is 1.50. The standard InChI is InChI=1S/C17H15N3O/c21-16(13-7-2-1-3-8-13)17-19-18-15-11-10-12-6-4-5-9-14(12)20(15)17/h1-9,16,21H,10-11H2. The summed E-state index contributed by atoms with van der Waals surface area (Å²) in [6.07, 6.45) is 1.06. The lowest BCUT2D eigenvalue weighted by atomic mass is 10.0. The van der Waals surface area contributed by atoms with E-state index < -0.39 is 6.10 Å². The fourth-order valence-corrected chi connectivity index (χ4v) is 2.90. The Bertz CT molecular complexity index is 780. The molecule has 0 saturated carbocycles. The van der Waals surface area contributed by atoms with Gasteiger partial charge in [0.15, 0.2) is 5.82 Å². The number of aryl methyl sites for hydroxylation is 2. The molecule has 1 aromatic heterocycles. The normalized spacial score (nSPS) is 14.3. The van der Waals surface area contributed by atoms with Crippen LogP contribution in [0.3, 0.4) is 0 Å². The number of para-hydroxylation sites is 1. The van der Waals surface area contributed by atoms with Gasteiger partial charge in [-0.2, -0.15) is 0 Å². The fourth-order valence-electron chi connectivity index (χ4n) is 2.90. The molecule has 0 fully saturated rings. The summed E-state index contributed by atoms with van der Waals surface area (Å²) in [5.41, 5.74) is 3.18. The molecule has 1 unspecified atom stereocenters. The Balaban J connectivity index is 1.86. The molecule has 4 heteroatoms. The summed E-state index contributed by atoms with van der Waals surface area (Å²) >= 11 is 0. The first-order chi connectivity index (χ1) is 10.3. The van der Waals surface area contributed by atoms with Gasteiger partial charge in [-0.1, -0.05) is 48.5 Å². The molecule has 0 saturated heterocycles. The van der Waals surface area contributed by atoms with E-state index in [1.54, 1.807) is 0 Å². The zero-order chi connectivity index (χ0) is 14.2. The monoisotopic (exact) mass is 277 g/mol. The molecule has 21 heavy (non-hydrogen) atoms. The van der Waals surface area contributed by atoms with Gasteiger partial charge in [0.1, 0.15) is 11.9 Å². The molecule has 1 aliphatic heterocycles. The second-order valence-electron chi connectivity index (χ2n) is 5.25. The molecule has 1 atom stereocenters. The number of nitrogens with zero attached hydrogens (tertiary/aromatic N) is 3. The Morgan fingerprint density at radius 3 is 2.52 bits per heavy atom. The van der Waals surface area contributed by atoms with Gasteiger partial charge >= 0.3 is 0 Å². The van der Waals surface area contributed by atoms with Crippen molar-refractivity contribution < 1.29 is 5.11 Å². The highest BCUT2D eigenvalue weighted by Gasteiger charge is 2.25. The van der Waals surface area contributed by atoms with Crippen LogP contribution in [0.1, 0.15) is 28.9 Å². The topological polar surface area (TPSA) is 50.9 Å². The molecule has 3 aromatic rings. The number of hydrogen-bond donors (Lipinski definition) is 1. The molecule has 104 valence electrons. The Morgan fingerprint density at radius 2 is 1.67 bits per heavy atom. The predicted octanol–water partition coefficient (Wildman–Crippen LogP) is 2.45. The summed E-state index contributed by atoms with van der Waals surface area (Å²) in [7, 11) is 0. The van der Waals surface area contributed by atoms with Crippen LogP contribution in [0, 0.1) is 0 Å². The summed E-state index contributed by atoms with van der Waals surface area (Å²) in [6, 6.07) is 17.8. The van der Waals surface area contributed by atoms with Crippen molar-refractivity contribution in [3.05, 3.63) is 77.4 Å². The van der Waals surface area contributed by atoms with E-state index in [0.29, 0.717) is 5.82 Å². The van der Waals surface area contributed by atoms with Gasteiger partial charge < -0.3 is 5.11 Å². The average Bonchev–Trinajstić information content (AvgIpc) is 2.99. The van der Waals surface area contributed by atoms with Crippen LogP contribution in [0.15, 0.2) is 54.6 Å². The number of rotatable bonds is 2. The van der Waals surface area contributed by atoms with Crippen molar-refractivity contribution >= 4 is 0 Å². The molecule has 0 bridgehead atoms. The van der Waals surface area contributed by atoms with Gasteiger partial charge in [0.05, 0.1) is 5.69 Å². The quantitative estimate of drug-likeness (QED) is 0.782. The molecule has 2 aromatic carbocycles. The number of benzene rings is 2. The third-order valence-corrected chi connectivity index (χ3v) is 3.97. The number of fused-ring (bicyclic) bond motifs is 3. The minimum atomic E-state index is -0.765. The summed E-state index contributed by atoms with van der Waals surface area (Å²) in [5, 5.41) is 19.1. The lowest BCUT2D eigenvalue weighted by Crippen LogP contribution is -2.16. The maximum absolute atomic E-state index is 10.6. The Labute approximate surface area is 122 Å². The second kappa shape index (κ2) is 4.82. The van der Waals surface area contributed by atoms with Crippen LogP contribution in [0.25, 0.3) is 5.69 Å². The highest BCUT2D eigenvalue weighted by Crippen LogP contribution is 2.29. The van der Waals surface area contributed by atoms with Crippen molar-refractivity contribution in [1.29, 1.82) is 0 Å². The Kier molecular flexibility index (Phi) is 2.82. The summed E-state index contributed by atoms with van der Waals surface area (Å²) in [4.78, 5) is 0. The van der Waals surface area contributed by atoms with Crippen molar-refractivity contribution in [3.8, 4) is 5.69 Å². The van der Waals surface area contributed by atoms with Crippen LogP contribution < -0.4 is 0 Å². The third kappa shape index (κ3) is 1.96. The first-order valence-electron chi connectivity index (χ1n) is 7.10. The van der Waals surface area contributed by atoms with E-state index >= 15 is 0 Å². The van der Waals surface area contributed by atoms with Crippen molar-refractivity contribution in [3.63, 3.8) is 0 Å². The highest BCUT2D eigenvalue weighted by molar-refractivity contribution is 5.46. The molecule has 4 nitrogen and oxygen atoms in total. The SMILES string of the molecule is OC(c1ccccc1)c1nnc2n1-c1ccccc1CC2. The van der Waals surface area contributed by atoms with Gasteiger partial charge in [-0.05, 0) is 23.6 Å². The van der Waals surface area contributed by atoms with E-state index in [-0.39, 0.29) is 0 Å². The van der Waals surface area contributed by atoms with Crippen molar-refractivity contribution in [2.75, 3.05) is 0 Å². The molecule has 1 aliphatic rings. The summed E-state index contributed by atoms with van der Waals surface area (Å²) in [6.45, 7) is 0. The average molecular weight is 277 g/mol. The van der Waals surface area contributed by atoms with E-state index in [2.05, 4.69) is 22.3 Å². The summed E-state index contributed by atoms with van der Waals surface area (Å²) < 4.78 is 2.00. The fraction of sp³-hybridized carbons (Fsp3) is 0.176. The van der Waals surface area contributed by atoms with E-state index in [4.69, 9.17) is 0 Å². The molecule has 0 aliphatic carbocycles. The van der Waals surface area contributed by atoms with Gasteiger partial charge in [-0.3, -0.25) is 4.57 Å². The maximum Gasteiger partial charge on any atom is 0.171 e. The molecule has 2 heterocycles. The van der Waals surface area contributed by atoms with Crippen LogP contribution in [0.4, 0.5) is 0 Å². The van der Waals surface area contributed by atoms with Gasteiger partial charge in [-0.25, -0.2) is 0 Å². The molecule has 4 rings (SSSR count). The van der Waals surface area contributed by atoms with Crippen molar-refractivity contribution in [1.82, 2.24) is 14.8 Å². The van der Waals surface area contributed by atoms with Gasteiger partial charge in [-0.15, -0.1) is 10.2 Å². The van der Waals surface area contributed by atoms with Crippen LogP contribution in [0.2, 0.25) is 0 Å². The third-order valence-electron chi connectivity index (χ3n) is 3.97. The second-order valence-corrected chi connectivity index (χ2v) is 5.25. The molecule has 0 amide bonds. The molecule has 0 radical (unpaired) electrons. The van der Waals surface area contributed by atoms with E-state index in [1.807, 2.05) is 47.0 Å². The predicted molar refractivity (Wildman–Crippen MR) is 79.3 cm³/mol. The smallest absolute Gasteiger partial charge is 0.171 e. The van der Waals surface area contributed by atoms with Crippen molar-refractivity contribution in [2.24, 2.45) is 0 Å². The largest absolute Gasteiger partial charge is 0.380 e. The Morgan fingerprint density at radius 1 is 0.905 bits per heavy atom. The van der Waals surface area contributed by atoms with E-state index in [9.17, 15) is 5.11 Å². The number of aromatic nitrogens is 3. The van der Waals surface area contributed by atoms with Gasteiger partial charge in [0, 0.05) is 6.42 Å². The molecule has 1 N–H and O–H groups in total. The highest BCUT2D eigenvalue weighted by atomic mass is 16.3. The minimum absolute atomic E-state index is 0.586. The van der Waals surface area contributed by atoms with Crippen molar-refractivity contribution in [2.45, 2.75) is 18.9 Å². The minimum Gasteiger partial charge on any atom is -0.380 e. The van der Waals surface area contributed by atoms with Crippen LogP contribution in [0.5, 0.6) is 0 Å². The number of aliphatic hydroxyl groups excluding tert-OH is 1. The van der Waals surface area contributed by atoms with E-state index in [1.165, 1.54) is 5.56 Å². The molecule has 0 spiro atoms. The van der Waals surface area contributed by atoms with Gasteiger partial charge in [0.2, 0.25) is 0 Å². The number of aliphatic hydroxyl groups is 1. The zero-order valence-corrected chi connectivity index (χ0v) is 11.5. The van der Waals surface area contributed by atoms with Crippen LogP contribution in [-0.2, 0) is 12.8 Å². The van der Waals surface area contributed by atoms with Crippen LogP contribution in [-0.4, -0.2) is 19.9 Å². The zero-order valence-electron chi connectivity index (χ0n) is 11.5. The molecular formula is C17H15N3O. The first kappa shape index (κ1) is 12.3.